The zero-order valence-corrected chi connectivity index (χ0v) is 13.3. The molecule has 1 atom stereocenters. The third kappa shape index (κ3) is 2.98. The van der Waals surface area contributed by atoms with Crippen LogP contribution in [0.5, 0.6) is 0 Å². The first-order valence-corrected chi connectivity index (χ1v) is 7.48. The average molecular weight is 370 g/mol. The number of hydrogen-bond acceptors (Lipinski definition) is 4. The van der Waals surface area contributed by atoms with Crippen LogP contribution in [0.25, 0.3) is 0 Å². The summed E-state index contributed by atoms with van der Waals surface area (Å²) in [6, 6.07) is 8.62. The van der Waals surface area contributed by atoms with Crippen LogP contribution >= 0.6 is 11.6 Å². The Morgan fingerprint density at radius 2 is 1.96 bits per heavy atom. The summed E-state index contributed by atoms with van der Waals surface area (Å²) in [5.41, 5.74) is -3.48. The quantitative estimate of drug-likeness (QED) is 0.883. The lowest BCUT2D eigenvalue weighted by atomic mass is 10.0. The molecular weight excluding hydrogens is 359 g/mol. The van der Waals surface area contributed by atoms with Gasteiger partial charge in [-0.2, -0.15) is 23.3 Å². The van der Waals surface area contributed by atoms with Crippen LogP contribution in [0.4, 0.5) is 13.2 Å². The molecule has 1 aliphatic rings. The van der Waals surface area contributed by atoms with Crippen molar-refractivity contribution in [3.05, 3.63) is 64.9 Å². The molecule has 130 valence electrons. The van der Waals surface area contributed by atoms with E-state index in [0.717, 1.165) is 0 Å². The van der Waals surface area contributed by atoms with Gasteiger partial charge in [-0.05, 0) is 18.2 Å². The Bertz CT molecular complexity index is 842. The monoisotopic (exact) mass is 369 g/mol. The van der Waals surface area contributed by atoms with Crippen LogP contribution < -0.4 is 0 Å². The number of aromatic nitrogens is 1. The number of carbonyl (C=O) groups excluding carboxylic acids is 1. The van der Waals surface area contributed by atoms with E-state index in [2.05, 4.69) is 10.1 Å². The van der Waals surface area contributed by atoms with Gasteiger partial charge >= 0.3 is 6.18 Å². The molecule has 1 aromatic carbocycles. The van der Waals surface area contributed by atoms with Crippen molar-refractivity contribution in [1.82, 2.24) is 9.99 Å². The molecule has 9 heteroatoms. The second kappa shape index (κ2) is 6.12. The van der Waals surface area contributed by atoms with Crippen LogP contribution in [0.2, 0.25) is 5.02 Å². The van der Waals surface area contributed by atoms with Gasteiger partial charge in [0.05, 0.1) is 22.7 Å². The topological polar surface area (TPSA) is 65.8 Å². The van der Waals surface area contributed by atoms with Gasteiger partial charge < -0.3 is 5.11 Å². The Balaban J connectivity index is 2.08. The SMILES string of the molecule is O=C(c1ccccc1Cl)N1N=C(c2cccnc2)CC1(O)C(F)(F)F. The zero-order valence-electron chi connectivity index (χ0n) is 12.5. The molecule has 1 N–H and O–H groups in total. The number of hydrazone groups is 1. The molecule has 0 saturated heterocycles. The van der Waals surface area contributed by atoms with Crippen LogP contribution in [0.15, 0.2) is 53.9 Å². The van der Waals surface area contributed by atoms with E-state index in [9.17, 15) is 23.1 Å². The number of amides is 1. The number of hydrogen-bond donors (Lipinski definition) is 1. The van der Waals surface area contributed by atoms with Gasteiger partial charge in [0, 0.05) is 18.0 Å². The Morgan fingerprint density at radius 1 is 1.24 bits per heavy atom. The third-order valence-corrected chi connectivity index (χ3v) is 4.06. The Hall–Kier alpha value is -2.45. The predicted molar refractivity (Wildman–Crippen MR) is 84.0 cm³/mol. The van der Waals surface area contributed by atoms with E-state index >= 15 is 0 Å². The highest BCUT2D eigenvalue weighted by atomic mass is 35.5. The molecule has 0 spiro atoms. The van der Waals surface area contributed by atoms with Crippen LogP contribution in [0.1, 0.15) is 22.3 Å². The molecule has 0 radical (unpaired) electrons. The second-order valence-electron chi connectivity index (χ2n) is 5.38. The van der Waals surface area contributed by atoms with Crippen molar-refractivity contribution in [2.45, 2.75) is 18.3 Å². The molecule has 2 heterocycles. The van der Waals surface area contributed by atoms with Crippen molar-refractivity contribution in [3.63, 3.8) is 0 Å². The fourth-order valence-corrected chi connectivity index (χ4v) is 2.64. The lowest BCUT2D eigenvalue weighted by Gasteiger charge is -2.32. The maximum atomic E-state index is 13.5. The zero-order chi connectivity index (χ0) is 18.2. The number of rotatable bonds is 2. The predicted octanol–water partition coefficient (Wildman–Crippen LogP) is 3.24. The smallest absolute Gasteiger partial charge is 0.362 e. The number of aliphatic hydroxyl groups is 1. The molecule has 1 aromatic heterocycles. The van der Waals surface area contributed by atoms with Gasteiger partial charge in [0.25, 0.3) is 11.6 Å². The summed E-state index contributed by atoms with van der Waals surface area (Å²) in [6.07, 6.45) is -3.27. The number of carbonyl (C=O) groups is 1. The molecule has 5 nitrogen and oxygen atoms in total. The van der Waals surface area contributed by atoms with E-state index in [4.69, 9.17) is 11.6 Å². The number of alkyl halides is 3. The summed E-state index contributed by atoms with van der Waals surface area (Å²) in [7, 11) is 0. The fourth-order valence-electron chi connectivity index (χ4n) is 2.42. The molecule has 1 aliphatic heterocycles. The lowest BCUT2D eigenvalue weighted by molar-refractivity contribution is -0.297. The molecule has 0 bridgehead atoms. The van der Waals surface area contributed by atoms with Gasteiger partial charge in [0.1, 0.15) is 0 Å². The van der Waals surface area contributed by atoms with Crippen LogP contribution in [0, 0.1) is 0 Å². The molecule has 0 fully saturated rings. The lowest BCUT2D eigenvalue weighted by Crippen LogP contribution is -2.56. The van der Waals surface area contributed by atoms with Crippen molar-refractivity contribution in [2.75, 3.05) is 0 Å². The van der Waals surface area contributed by atoms with E-state index < -0.39 is 24.2 Å². The van der Waals surface area contributed by atoms with E-state index in [1.54, 1.807) is 0 Å². The Morgan fingerprint density at radius 3 is 2.56 bits per heavy atom. The van der Waals surface area contributed by atoms with E-state index in [-0.39, 0.29) is 26.9 Å². The van der Waals surface area contributed by atoms with E-state index in [0.29, 0.717) is 0 Å². The second-order valence-corrected chi connectivity index (χ2v) is 5.78. The van der Waals surface area contributed by atoms with Gasteiger partial charge in [-0.3, -0.25) is 9.78 Å². The van der Waals surface area contributed by atoms with Crippen molar-refractivity contribution in [1.29, 1.82) is 0 Å². The molecule has 1 unspecified atom stereocenters. The van der Waals surface area contributed by atoms with Crippen molar-refractivity contribution >= 4 is 23.2 Å². The van der Waals surface area contributed by atoms with Crippen molar-refractivity contribution in [3.8, 4) is 0 Å². The largest absolute Gasteiger partial charge is 0.438 e. The highest BCUT2D eigenvalue weighted by Crippen LogP contribution is 2.42. The first kappa shape index (κ1) is 17.4. The molecule has 0 saturated carbocycles. The number of nitrogens with zero attached hydrogens (tertiary/aromatic N) is 3. The summed E-state index contributed by atoms with van der Waals surface area (Å²) in [5.74, 6) is -1.15. The normalized spacial score (nSPS) is 20.5. The van der Waals surface area contributed by atoms with Gasteiger partial charge in [0.15, 0.2) is 0 Å². The van der Waals surface area contributed by atoms with Gasteiger partial charge in [0.2, 0.25) is 0 Å². The maximum absolute atomic E-state index is 13.5. The summed E-state index contributed by atoms with van der Waals surface area (Å²) in [5, 5.41) is 14.0. The standard InChI is InChI=1S/C16H11ClF3N3O2/c17-12-6-2-1-5-11(12)14(24)23-15(25,16(18,19)20)8-13(22-23)10-4-3-7-21-9-10/h1-7,9,25H,8H2. The van der Waals surface area contributed by atoms with Gasteiger partial charge in [-0.1, -0.05) is 29.8 Å². The minimum Gasteiger partial charge on any atom is -0.362 e. The number of halogens is 4. The minimum atomic E-state index is -5.11. The Kier molecular flexibility index (Phi) is 4.26. The third-order valence-electron chi connectivity index (χ3n) is 3.73. The van der Waals surface area contributed by atoms with Crippen LogP contribution in [0.3, 0.4) is 0 Å². The molecule has 1 amide bonds. The molecule has 2 aromatic rings. The molecule has 25 heavy (non-hydrogen) atoms. The highest BCUT2D eigenvalue weighted by Gasteiger charge is 2.63. The maximum Gasteiger partial charge on any atom is 0.438 e. The van der Waals surface area contributed by atoms with E-state index in [1.165, 1.54) is 48.8 Å². The minimum absolute atomic E-state index is 0.0382. The number of pyridine rings is 1. The van der Waals surface area contributed by atoms with Gasteiger partial charge in [-0.25, -0.2) is 0 Å². The number of benzene rings is 1. The average Bonchev–Trinajstić information content (AvgIpc) is 2.94. The van der Waals surface area contributed by atoms with Gasteiger partial charge in [-0.15, -0.1) is 0 Å². The van der Waals surface area contributed by atoms with Crippen LogP contribution in [-0.2, 0) is 0 Å². The first-order chi connectivity index (χ1) is 11.7. The van der Waals surface area contributed by atoms with Crippen molar-refractivity contribution in [2.24, 2.45) is 5.10 Å². The van der Waals surface area contributed by atoms with Crippen LogP contribution in [-0.4, -0.2) is 38.6 Å². The summed E-state index contributed by atoms with van der Waals surface area (Å²) >= 11 is 5.89. The highest BCUT2D eigenvalue weighted by molar-refractivity contribution is 6.33. The summed E-state index contributed by atoms with van der Waals surface area (Å²) < 4.78 is 40.5. The fraction of sp³-hybridized carbons (Fsp3) is 0.188. The Labute approximate surface area is 145 Å². The molecule has 3 rings (SSSR count). The van der Waals surface area contributed by atoms with E-state index in [1.807, 2.05) is 0 Å². The molecule has 0 aliphatic carbocycles. The summed E-state index contributed by atoms with van der Waals surface area (Å²) in [6.45, 7) is 0. The summed E-state index contributed by atoms with van der Waals surface area (Å²) in [4.78, 5) is 16.4. The first-order valence-electron chi connectivity index (χ1n) is 7.10. The molecular formula is C16H11ClF3N3O2. The van der Waals surface area contributed by atoms with Crippen molar-refractivity contribution < 1.29 is 23.1 Å².